The maximum atomic E-state index is 12.6. The predicted octanol–water partition coefficient (Wildman–Crippen LogP) is 2.06. The summed E-state index contributed by atoms with van der Waals surface area (Å²) in [4.78, 5) is 16.5. The summed E-state index contributed by atoms with van der Waals surface area (Å²) in [6.45, 7) is 6.18. The third-order valence-electron chi connectivity index (χ3n) is 3.30. The van der Waals surface area contributed by atoms with Crippen molar-refractivity contribution < 1.29 is 18.0 Å². The summed E-state index contributed by atoms with van der Waals surface area (Å²) >= 11 is 0. The number of hydrogen-bond donors (Lipinski definition) is 3. The van der Waals surface area contributed by atoms with Gasteiger partial charge in [-0.1, -0.05) is 6.58 Å². The van der Waals surface area contributed by atoms with E-state index in [4.69, 9.17) is 5.73 Å². The lowest BCUT2D eigenvalue weighted by Gasteiger charge is -2.16. The van der Waals surface area contributed by atoms with E-state index in [0.29, 0.717) is 0 Å². The Hall–Kier alpha value is -3.11. The van der Waals surface area contributed by atoms with Gasteiger partial charge in [-0.15, -0.1) is 0 Å². The largest absolute Gasteiger partial charge is 0.402 e. The summed E-state index contributed by atoms with van der Waals surface area (Å²) in [5, 5.41) is 14.0. The highest BCUT2D eigenvalue weighted by Gasteiger charge is 2.36. The SMILES string of the molecule is C=C/N=C1\C(=C(/C)N)C(C(=O)Nc2cc(C)[nH]n2)=NN1CCC(F)(F)F. The zero-order valence-electron chi connectivity index (χ0n) is 14.2. The Labute approximate surface area is 147 Å². The van der Waals surface area contributed by atoms with Gasteiger partial charge in [-0.3, -0.25) is 9.89 Å². The van der Waals surface area contributed by atoms with E-state index >= 15 is 0 Å². The topological polar surface area (TPSA) is 112 Å². The van der Waals surface area contributed by atoms with E-state index in [2.05, 4.69) is 32.2 Å². The summed E-state index contributed by atoms with van der Waals surface area (Å²) in [7, 11) is 0. The number of amidine groups is 1. The summed E-state index contributed by atoms with van der Waals surface area (Å²) < 4.78 is 37.7. The number of H-pyrrole nitrogens is 1. The minimum atomic E-state index is -4.38. The van der Waals surface area contributed by atoms with Crippen molar-refractivity contribution in [3.05, 3.63) is 35.8 Å². The van der Waals surface area contributed by atoms with Gasteiger partial charge in [-0.25, -0.2) is 10.0 Å². The fourth-order valence-corrected chi connectivity index (χ4v) is 2.24. The van der Waals surface area contributed by atoms with Crippen molar-refractivity contribution in [2.24, 2.45) is 15.8 Å². The minimum Gasteiger partial charge on any atom is -0.402 e. The number of hydrogen-bond acceptors (Lipinski definition) is 5. The molecule has 0 atom stereocenters. The molecule has 0 aromatic carbocycles. The molecule has 0 bridgehead atoms. The van der Waals surface area contributed by atoms with Gasteiger partial charge in [0.15, 0.2) is 17.4 Å². The van der Waals surface area contributed by atoms with Crippen LogP contribution in [0.15, 0.2) is 40.2 Å². The first-order valence-corrected chi connectivity index (χ1v) is 7.54. The Morgan fingerprint density at radius 3 is 2.73 bits per heavy atom. The number of alkyl halides is 3. The van der Waals surface area contributed by atoms with Crippen molar-refractivity contribution in [1.82, 2.24) is 15.2 Å². The number of nitrogens with two attached hydrogens (primary N) is 1. The lowest BCUT2D eigenvalue weighted by Crippen LogP contribution is -2.29. The number of allylic oxidation sites excluding steroid dienone is 1. The number of hydrazone groups is 1. The molecule has 0 aliphatic carbocycles. The number of nitrogens with zero attached hydrogens (tertiary/aromatic N) is 4. The van der Waals surface area contributed by atoms with Crippen LogP contribution in [-0.2, 0) is 4.79 Å². The summed E-state index contributed by atoms with van der Waals surface area (Å²) in [6, 6.07) is 1.59. The van der Waals surface area contributed by atoms with E-state index in [0.717, 1.165) is 16.9 Å². The molecule has 2 rings (SSSR count). The van der Waals surface area contributed by atoms with Gasteiger partial charge in [-0.2, -0.15) is 23.4 Å². The van der Waals surface area contributed by atoms with Gasteiger partial charge in [0.2, 0.25) is 0 Å². The van der Waals surface area contributed by atoms with Gasteiger partial charge in [0, 0.05) is 23.7 Å². The van der Waals surface area contributed by atoms with Crippen LogP contribution >= 0.6 is 0 Å². The second-order valence-electron chi connectivity index (χ2n) is 5.52. The Kier molecular flexibility index (Phi) is 5.48. The van der Waals surface area contributed by atoms with Crippen LogP contribution in [0.25, 0.3) is 0 Å². The van der Waals surface area contributed by atoms with Gasteiger partial charge in [0.05, 0.1) is 18.5 Å². The molecule has 0 saturated heterocycles. The molecular formula is C15H18F3N7O. The van der Waals surface area contributed by atoms with Crippen LogP contribution in [0.5, 0.6) is 0 Å². The average molecular weight is 369 g/mol. The fourth-order valence-electron chi connectivity index (χ4n) is 2.24. The van der Waals surface area contributed by atoms with Gasteiger partial charge in [-0.05, 0) is 13.8 Å². The summed E-state index contributed by atoms with van der Waals surface area (Å²) in [5.74, 6) is -0.379. The Morgan fingerprint density at radius 2 is 2.23 bits per heavy atom. The van der Waals surface area contributed by atoms with Crippen LogP contribution in [0.4, 0.5) is 19.0 Å². The fraction of sp³-hybridized carbons (Fsp3) is 0.333. The molecular weight excluding hydrogens is 351 g/mol. The molecule has 0 fully saturated rings. The summed E-state index contributed by atoms with van der Waals surface area (Å²) in [5.41, 5.74) is 6.74. The van der Waals surface area contributed by atoms with Crippen molar-refractivity contribution in [3.8, 4) is 0 Å². The molecule has 0 unspecified atom stereocenters. The molecule has 0 saturated carbocycles. The van der Waals surface area contributed by atoms with Crippen LogP contribution in [0.1, 0.15) is 19.0 Å². The lowest BCUT2D eigenvalue weighted by atomic mass is 10.1. The zero-order valence-corrected chi connectivity index (χ0v) is 14.2. The van der Waals surface area contributed by atoms with E-state index in [1.54, 1.807) is 13.0 Å². The lowest BCUT2D eigenvalue weighted by molar-refractivity contribution is -0.136. The van der Waals surface area contributed by atoms with E-state index in [1.807, 2.05) is 0 Å². The van der Waals surface area contributed by atoms with E-state index < -0.39 is 25.0 Å². The smallest absolute Gasteiger partial charge is 0.390 e. The van der Waals surface area contributed by atoms with Crippen molar-refractivity contribution >= 4 is 23.3 Å². The molecule has 1 aromatic heterocycles. The molecule has 1 aliphatic heterocycles. The first-order valence-electron chi connectivity index (χ1n) is 7.54. The Bertz CT molecular complexity index is 800. The molecule has 11 heteroatoms. The maximum absolute atomic E-state index is 12.6. The highest BCUT2D eigenvalue weighted by molar-refractivity contribution is 6.56. The van der Waals surface area contributed by atoms with Crippen LogP contribution in [0.2, 0.25) is 0 Å². The van der Waals surface area contributed by atoms with Crippen molar-refractivity contribution in [2.45, 2.75) is 26.4 Å². The number of carbonyl (C=O) groups is 1. The number of aromatic amines is 1. The van der Waals surface area contributed by atoms with Crippen molar-refractivity contribution in [2.75, 3.05) is 11.9 Å². The number of aryl methyl sites for hydroxylation is 1. The Balaban J connectivity index is 2.34. The highest BCUT2D eigenvalue weighted by Crippen LogP contribution is 2.25. The molecule has 1 aromatic rings. The zero-order chi connectivity index (χ0) is 19.5. The summed E-state index contributed by atoms with van der Waals surface area (Å²) in [6.07, 6.45) is -4.36. The third kappa shape index (κ3) is 4.49. The van der Waals surface area contributed by atoms with Crippen molar-refractivity contribution in [1.29, 1.82) is 0 Å². The number of carbonyl (C=O) groups excluding carboxylic acids is 1. The monoisotopic (exact) mass is 369 g/mol. The number of anilines is 1. The molecule has 8 nitrogen and oxygen atoms in total. The number of aromatic nitrogens is 2. The van der Waals surface area contributed by atoms with Gasteiger partial charge >= 0.3 is 6.18 Å². The third-order valence-corrected chi connectivity index (χ3v) is 3.30. The average Bonchev–Trinajstić information content (AvgIpc) is 3.09. The number of nitrogens with one attached hydrogen (secondary N) is 2. The number of rotatable bonds is 5. The number of halogens is 3. The predicted molar refractivity (Wildman–Crippen MR) is 91.3 cm³/mol. The molecule has 4 N–H and O–H groups in total. The number of amides is 1. The van der Waals surface area contributed by atoms with E-state index in [1.165, 1.54) is 6.92 Å². The van der Waals surface area contributed by atoms with Gasteiger partial charge in [0.25, 0.3) is 5.91 Å². The van der Waals surface area contributed by atoms with Crippen LogP contribution < -0.4 is 11.1 Å². The molecule has 1 amide bonds. The minimum absolute atomic E-state index is 0.0348. The first kappa shape index (κ1) is 19.2. The Morgan fingerprint density at radius 1 is 1.54 bits per heavy atom. The second kappa shape index (κ2) is 7.42. The maximum Gasteiger partial charge on any atom is 0.390 e. The van der Waals surface area contributed by atoms with E-state index in [-0.39, 0.29) is 28.6 Å². The molecule has 140 valence electrons. The van der Waals surface area contributed by atoms with Gasteiger partial charge in [0.1, 0.15) is 0 Å². The van der Waals surface area contributed by atoms with E-state index in [9.17, 15) is 18.0 Å². The second-order valence-corrected chi connectivity index (χ2v) is 5.52. The standard InChI is InChI=1S/C15H18F3N7O/c1-4-20-13-11(9(3)19)12(24-25(13)6-5-15(16,17)18)14(26)21-10-7-8(2)22-23-10/h4,7H,1,5-6,19H2,2-3H3,(H2,21,22,23,26)/b11-9+,20-13+. The molecule has 2 heterocycles. The van der Waals surface area contributed by atoms with Crippen LogP contribution in [0.3, 0.4) is 0 Å². The normalized spacial score (nSPS) is 18.1. The number of aliphatic imine (C=N–C) groups is 1. The molecule has 1 aliphatic rings. The molecule has 26 heavy (non-hydrogen) atoms. The first-order chi connectivity index (χ1) is 12.1. The molecule has 0 radical (unpaired) electrons. The van der Waals surface area contributed by atoms with Gasteiger partial charge < -0.3 is 11.1 Å². The van der Waals surface area contributed by atoms with Crippen LogP contribution in [-0.4, -0.2) is 45.4 Å². The quantitative estimate of drug-likeness (QED) is 0.737. The molecule has 0 spiro atoms. The van der Waals surface area contributed by atoms with Crippen molar-refractivity contribution in [3.63, 3.8) is 0 Å². The van der Waals surface area contributed by atoms with Crippen LogP contribution in [0, 0.1) is 6.92 Å². The highest BCUT2D eigenvalue weighted by atomic mass is 19.4.